The molecule has 0 aromatic carbocycles. The highest BCUT2D eigenvalue weighted by molar-refractivity contribution is 6.74. The van der Waals surface area contributed by atoms with Crippen molar-refractivity contribution in [3.63, 3.8) is 0 Å². The predicted molar refractivity (Wildman–Crippen MR) is 63.3 cm³/mol. The average molecular weight is 202 g/mol. The highest BCUT2D eigenvalue weighted by Gasteiger charge is 2.28. The molecule has 80 valence electrons. The van der Waals surface area contributed by atoms with E-state index in [9.17, 15) is 0 Å². The Morgan fingerprint density at radius 3 is 1.46 bits per heavy atom. The predicted octanol–water partition coefficient (Wildman–Crippen LogP) is 2.47. The normalized spacial score (nSPS) is 12.0. The number of hydrogen-bond donors (Lipinski definition) is 2. The molecule has 0 aromatic heterocycles. The van der Waals surface area contributed by atoms with Crippen LogP contribution in [0.25, 0.3) is 0 Å². The van der Waals surface area contributed by atoms with Crippen LogP contribution >= 0.6 is 0 Å². The van der Waals surface area contributed by atoms with E-state index in [-0.39, 0.29) is 0 Å². The van der Waals surface area contributed by atoms with Crippen molar-refractivity contribution in [2.45, 2.75) is 51.6 Å². The van der Waals surface area contributed by atoms with E-state index in [1.165, 1.54) is 37.8 Å². The molecule has 0 unspecified atom stereocenters. The van der Waals surface area contributed by atoms with E-state index in [4.69, 9.17) is 0 Å². The number of nitrogens with one attached hydrogen (secondary N) is 2. The van der Waals surface area contributed by atoms with Crippen molar-refractivity contribution in [3.05, 3.63) is 0 Å². The van der Waals surface area contributed by atoms with E-state index >= 15 is 0 Å². The van der Waals surface area contributed by atoms with Gasteiger partial charge in [-0.25, -0.2) is 0 Å². The van der Waals surface area contributed by atoms with Gasteiger partial charge in [-0.3, -0.25) is 0 Å². The van der Waals surface area contributed by atoms with Crippen LogP contribution in [0.3, 0.4) is 0 Å². The Hall–Kier alpha value is 0.137. The molecule has 0 saturated heterocycles. The highest BCUT2D eigenvalue weighted by Crippen LogP contribution is 2.15. The molecule has 0 aliphatic rings. The van der Waals surface area contributed by atoms with Crippen LogP contribution < -0.4 is 9.96 Å². The highest BCUT2D eigenvalue weighted by atomic mass is 28.3. The van der Waals surface area contributed by atoms with Gasteiger partial charge < -0.3 is 9.96 Å². The van der Waals surface area contributed by atoms with Crippen LogP contribution in [-0.2, 0) is 0 Å². The van der Waals surface area contributed by atoms with Crippen molar-refractivity contribution in [3.8, 4) is 0 Å². The summed E-state index contributed by atoms with van der Waals surface area (Å²) in [4.78, 5) is 7.13. The zero-order valence-corrected chi connectivity index (χ0v) is 10.7. The third kappa shape index (κ3) is 4.79. The van der Waals surface area contributed by atoms with E-state index in [0.29, 0.717) is 0 Å². The second-order valence-electron chi connectivity index (χ2n) is 3.79. The Kier molecular flexibility index (Phi) is 7.61. The minimum absolute atomic E-state index is 1.29. The summed E-state index contributed by atoms with van der Waals surface area (Å²) in [5.74, 6) is 0. The average Bonchev–Trinajstić information content (AvgIpc) is 2.20. The first kappa shape index (κ1) is 13.1. The van der Waals surface area contributed by atoms with Gasteiger partial charge in [-0.2, -0.15) is 0 Å². The maximum atomic E-state index is 3.56. The third-order valence-electron chi connectivity index (χ3n) is 2.87. The maximum absolute atomic E-state index is 3.56. The lowest BCUT2D eigenvalue weighted by molar-refractivity contribution is 0.780. The Morgan fingerprint density at radius 2 is 1.23 bits per heavy atom. The molecule has 0 aliphatic heterocycles. The summed E-state index contributed by atoms with van der Waals surface area (Å²) in [7, 11) is 2.95. The van der Waals surface area contributed by atoms with E-state index < -0.39 is 8.40 Å². The summed E-state index contributed by atoms with van der Waals surface area (Å²) >= 11 is 0. The molecule has 0 spiro atoms. The topological polar surface area (TPSA) is 24.1 Å². The molecule has 13 heavy (non-hydrogen) atoms. The molecule has 0 fully saturated rings. The summed E-state index contributed by atoms with van der Waals surface area (Å²) in [5.41, 5.74) is 0. The van der Waals surface area contributed by atoms with E-state index in [1.807, 2.05) is 0 Å². The van der Waals surface area contributed by atoms with Gasteiger partial charge in [-0.05, 0) is 26.2 Å². The van der Waals surface area contributed by atoms with Crippen LogP contribution in [-0.4, -0.2) is 22.5 Å². The molecule has 0 bridgehead atoms. The molecular weight excluding hydrogens is 176 g/mol. The van der Waals surface area contributed by atoms with Crippen LogP contribution in [0.2, 0.25) is 12.1 Å². The second kappa shape index (κ2) is 7.53. The first-order chi connectivity index (χ1) is 6.24. The zero-order chi connectivity index (χ0) is 10.2. The Balaban J connectivity index is 3.97. The van der Waals surface area contributed by atoms with Crippen LogP contribution in [0.1, 0.15) is 39.5 Å². The summed E-state index contributed by atoms with van der Waals surface area (Å²) in [6.45, 7) is 4.54. The second-order valence-corrected chi connectivity index (χ2v) is 7.95. The largest absolute Gasteiger partial charge is 0.328 e. The fourth-order valence-electron chi connectivity index (χ4n) is 1.71. The van der Waals surface area contributed by atoms with E-state index in [2.05, 4.69) is 37.9 Å². The minimum atomic E-state index is -1.29. The van der Waals surface area contributed by atoms with Crippen molar-refractivity contribution >= 4 is 8.40 Å². The lowest BCUT2D eigenvalue weighted by Crippen LogP contribution is -2.59. The van der Waals surface area contributed by atoms with Crippen LogP contribution in [0.4, 0.5) is 0 Å². The van der Waals surface area contributed by atoms with Gasteiger partial charge >= 0.3 is 0 Å². The SMILES string of the molecule is CCCC[Si](CCCC)(NC)NC. The Bertz CT molecular complexity index is 103. The Labute approximate surface area is 84.7 Å². The van der Waals surface area contributed by atoms with Gasteiger partial charge in [-0.15, -0.1) is 0 Å². The molecule has 0 radical (unpaired) electrons. The van der Waals surface area contributed by atoms with Gasteiger partial charge in [0.05, 0.1) is 0 Å². The van der Waals surface area contributed by atoms with Crippen molar-refractivity contribution in [1.82, 2.24) is 9.96 Å². The van der Waals surface area contributed by atoms with Crippen molar-refractivity contribution in [1.29, 1.82) is 0 Å². The van der Waals surface area contributed by atoms with Gasteiger partial charge in [0, 0.05) is 0 Å². The van der Waals surface area contributed by atoms with Crippen molar-refractivity contribution < 1.29 is 0 Å². The lowest BCUT2D eigenvalue weighted by atomic mass is 10.4. The monoisotopic (exact) mass is 202 g/mol. The molecule has 0 aliphatic carbocycles. The lowest BCUT2D eigenvalue weighted by Gasteiger charge is -2.30. The summed E-state index contributed by atoms with van der Waals surface area (Å²) in [6, 6.07) is 2.74. The number of rotatable bonds is 8. The first-order valence-electron chi connectivity index (χ1n) is 5.62. The fourth-order valence-corrected chi connectivity index (χ4v) is 5.12. The van der Waals surface area contributed by atoms with Crippen molar-refractivity contribution in [2.75, 3.05) is 14.1 Å². The maximum Gasteiger partial charge on any atom is 0.200 e. The van der Waals surface area contributed by atoms with Crippen LogP contribution in [0.15, 0.2) is 0 Å². The standard InChI is InChI=1S/C10H26N2Si/c1-5-7-9-13(11-3,12-4)10-8-6-2/h11-12H,5-10H2,1-4H3. The zero-order valence-electron chi connectivity index (χ0n) is 9.74. The van der Waals surface area contributed by atoms with Gasteiger partial charge in [-0.1, -0.05) is 39.5 Å². The Morgan fingerprint density at radius 1 is 0.846 bits per heavy atom. The number of hydrogen-bond acceptors (Lipinski definition) is 2. The molecule has 0 rings (SSSR count). The van der Waals surface area contributed by atoms with Gasteiger partial charge in [0.25, 0.3) is 0 Å². The first-order valence-corrected chi connectivity index (χ1v) is 8.04. The van der Waals surface area contributed by atoms with Crippen molar-refractivity contribution in [2.24, 2.45) is 0 Å². The minimum Gasteiger partial charge on any atom is -0.328 e. The van der Waals surface area contributed by atoms with Crippen LogP contribution in [0.5, 0.6) is 0 Å². The number of unbranched alkanes of at least 4 members (excludes halogenated alkanes) is 2. The summed E-state index contributed by atoms with van der Waals surface area (Å²) in [6.07, 6.45) is 5.34. The smallest absolute Gasteiger partial charge is 0.200 e. The van der Waals surface area contributed by atoms with Gasteiger partial charge in [0.15, 0.2) is 0 Å². The third-order valence-corrected chi connectivity index (χ3v) is 7.20. The molecule has 0 saturated carbocycles. The van der Waals surface area contributed by atoms with Gasteiger partial charge in [0.2, 0.25) is 8.40 Å². The molecule has 2 nitrogen and oxygen atoms in total. The van der Waals surface area contributed by atoms with E-state index in [1.54, 1.807) is 0 Å². The molecule has 0 amide bonds. The summed E-state index contributed by atoms with van der Waals surface area (Å²) < 4.78 is 0. The van der Waals surface area contributed by atoms with Gasteiger partial charge in [0.1, 0.15) is 0 Å². The molecule has 2 N–H and O–H groups in total. The summed E-state index contributed by atoms with van der Waals surface area (Å²) in [5, 5.41) is 0. The molecule has 0 aromatic rings. The molecule has 0 atom stereocenters. The molecule has 3 heteroatoms. The molecule has 0 heterocycles. The fraction of sp³-hybridized carbons (Fsp3) is 1.00. The quantitative estimate of drug-likeness (QED) is 0.591. The van der Waals surface area contributed by atoms with E-state index in [0.717, 1.165) is 0 Å². The van der Waals surface area contributed by atoms with Crippen LogP contribution in [0, 0.1) is 0 Å². The molecular formula is C10H26N2Si.